The minimum atomic E-state index is -0.382. The zero-order valence-electron chi connectivity index (χ0n) is 24.2. The maximum absolute atomic E-state index is 13.1. The number of imide groups is 1. The Morgan fingerprint density at radius 2 is 1.67 bits per heavy atom. The average Bonchev–Trinajstić information content (AvgIpc) is 3.19. The van der Waals surface area contributed by atoms with Crippen LogP contribution in [-0.2, 0) is 9.59 Å². The first-order valence-electron chi connectivity index (χ1n) is 13.5. The SMILES string of the molecule is CCOc1cc(/C=C2\SC(=O)N(CCOc3cc(C)ccc3C)C2=O)cc(Br)c1OCC(=O)Nc1ccc(C)cc1C. The predicted molar refractivity (Wildman–Crippen MR) is 169 cm³/mol. The highest BCUT2D eigenvalue weighted by molar-refractivity contribution is 9.10. The van der Waals surface area contributed by atoms with Crippen molar-refractivity contribution in [2.24, 2.45) is 0 Å². The van der Waals surface area contributed by atoms with Gasteiger partial charge in [-0.1, -0.05) is 29.8 Å². The number of aryl methyl sites for hydroxylation is 4. The summed E-state index contributed by atoms with van der Waals surface area (Å²) in [6.07, 6.45) is 1.64. The van der Waals surface area contributed by atoms with Crippen LogP contribution < -0.4 is 19.5 Å². The molecular weight excluding hydrogens is 620 g/mol. The molecule has 1 heterocycles. The third-order valence-electron chi connectivity index (χ3n) is 6.42. The molecule has 1 N–H and O–H groups in total. The Labute approximate surface area is 258 Å². The number of halogens is 1. The van der Waals surface area contributed by atoms with Crippen molar-refractivity contribution in [2.45, 2.75) is 34.6 Å². The van der Waals surface area contributed by atoms with E-state index in [2.05, 4.69) is 21.2 Å². The second-order valence-corrected chi connectivity index (χ2v) is 11.7. The fourth-order valence-corrected chi connectivity index (χ4v) is 5.75. The standard InChI is InChI=1S/C32H33BrN2O6S/c1-6-39-27-16-23(15-24(33)30(27)41-18-29(36)34-25-10-8-19(2)13-22(25)5)17-28-31(37)35(32(38)42-28)11-12-40-26-14-20(3)7-9-21(26)4/h7-10,13-17H,6,11-12,18H2,1-5H3,(H,34,36)/b28-17-. The number of anilines is 1. The highest BCUT2D eigenvalue weighted by atomic mass is 79.9. The van der Waals surface area contributed by atoms with Crippen LogP contribution in [0.15, 0.2) is 57.9 Å². The van der Waals surface area contributed by atoms with Gasteiger partial charge < -0.3 is 19.5 Å². The van der Waals surface area contributed by atoms with Gasteiger partial charge in [-0.25, -0.2) is 0 Å². The van der Waals surface area contributed by atoms with E-state index in [-0.39, 0.29) is 36.8 Å². The quantitative estimate of drug-likeness (QED) is 0.219. The normalized spacial score (nSPS) is 14.0. The van der Waals surface area contributed by atoms with Crippen LogP contribution in [0, 0.1) is 27.7 Å². The lowest BCUT2D eigenvalue weighted by molar-refractivity contribution is -0.123. The van der Waals surface area contributed by atoms with E-state index in [1.807, 2.05) is 71.0 Å². The second-order valence-electron chi connectivity index (χ2n) is 9.87. The smallest absolute Gasteiger partial charge is 0.293 e. The lowest BCUT2D eigenvalue weighted by atomic mass is 10.1. The Morgan fingerprint density at radius 3 is 2.40 bits per heavy atom. The number of thioether (sulfide) groups is 1. The van der Waals surface area contributed by atoms with Gasteiger partial charge in [0.15, 0.2) is 18.1 Å². The molecule has 3 aromatic rings. The molecule has 0 spiro atoms. The molecule has 3 aromatic carbocycles. The number of amides is 3. The third kappa shape index (κ3) is 7.74. The zero-order valence-corrected chi connectivity index (χ0v) is 26.6. The second kappa shape index (κ2) is 13.9. The molecule has 0 radical (unpaired) electrons. The molecule has 10 heteroatoms. The first-order chi connectivity index (χ1) is 20.0. The topological polar surface area (TPSA) is 94.2 Å². The molecule has 0 saturated carbocycles. The maximum atomic E-state index is 13.1. The summed E-state index contributed by atoms with van der Waals surface area (Å²) in [5.74, 6) is 0.804. The number of benzene rings is 3. The Morgan fingerprint density at radius 1 is 0.929 bits per heavy atom. The summed E-state index contributed by atoms with van der Waals surface area (Å²) in [6.45, 7) is 10.1. The van der Waals surface area contributed by atoms with Gasteiger partial charge in [-0.15, -0.1) is 0 Å². The van der Waals surface area contributed by atoms with Gasteiger partial charge in [0.1, 0.15) is 12.4 Å². The molecule has 1 saturated heterocycles. The van der Waals surface area contributed by atoms with Crippen molar-refractivity contribution in [1.29, 1.82) is 0 Å². The highest BCUT2D eigenvalue weighted by Crippen LogP contribution is 2.39. The fraction of sp³-hybridized carbons (Fsp3) is 0.281. The van der Waals surface area contributed by atoms with Crippen molar-refractivity contribution in [3.05, 3.63) is 85.7 Å². The number of carbonyl (C=O) groups is 3. The Bertz CT molecular complexity index is 1550. The Balaban J connectivity index is 1.43. The largest absolute Gasteiger partial charge is 0.491 e. The average molecular weight is 654 g/mol. The van der Waals surface area contributed by atoms with E-state index in [9.17, 15) is 14.4 Å². The van der Waals surface area contributed by atoms with Gasteiger partial charge in [-0.3, -0.25) is 19.3 Å². The lowest BCUT2D eigenvalue weighted by Crippen LogP contribution is -2.32. The monoisotopic (exact) mass is 652 g/mol. The molecule has 42 heavy (non-hydrogen) atoms. The number of hydrogen-bond acceptors (Lipinski definition) is 7. The van der Waals surface area contributed by atoms with E-state index < -0.39 is 0 Å². The van der Waals surface area contributed by atoms with Crippen LogP contribution in [0.3, 0.4) is 0 Å². The molecule has 0 aliphatic carbocycles. The highest BCUT2D eigenvalue weighted by Gasteiger charge is 2.35. The molecule has 1 aliphatic heterocycles. The molecule has 4 rings (SSSR count). The van der Waals surface area contributed by atoms with Crippen LogP contribution in [0.4, 0.5) is 10.5 Å². The molecule has 220 valence electrons. The van der Waals surface area contributed by atoms with Crippen molar-refractivity contribution in [1.82, 2.24) is 4.90 Å². The van der Waals surface area contributed by atoms with Gasteiger partial charge in [-0.2, -0.15) is 0 Å². The molecule has 0 bridgehead atoms. The van der Waals surface area contributed by atoms with Gasteiger partial charge >= 0.3 is 0 Å². The van der Waals surface area contributed by atoms with Crippen molar-refractivity contribution in [3.63, 3.8) is 0 Å². The number of carbonyl (C=O) groups excluding carboxylic acids is 3. The van der Waals surface area contributed by atoms with Crippen LogP contribution in [0.25, 0.3) is 6.08 Å². The molecule has 0 unspecified atom stereocenters. The van der Waals surface area contributed by atoms with Gasteiger partial charge in [0.05, 0.1) is 22.5 Å². The molecule has 0 atom stereocenters. The Hall–Kier alpha value is -3.76. The molecule has 1 fully saturated rings. The van der Waals surface area contributed by atoms with Crippen molar-refractivity contribution >= 4 is 56.5 Å². The summed E-state index contributed by atoms with van der Waals surface area (Å²) in [5, 5.41) is 2.51. The maximum Gasteiger partial charge on any atom is 0.293 e. The first kappa shape index (κ1) is 31.2. The van der Waals surface area contributed by atoms with Crippen LogP contribution in [0.1, 0.15) is 34.7 Å². The van der Waals surface area contributed by atoms with E-state index in [1.54, 1.807) is 18.2 Å². The summed E-state index contributed by atoms with van der Waals surface area (Å²) >= 11 is 4.39. The molecule has 3 amide bonds. The van der Waals surface area contributed by atoms with Crippen LogP contribution in [-0.4, -0.2) is 48.3 Å². The van der Waals surface area contributed by atoms with Gasteiger partial charge in [0.2, 0.25) is 0 Å². The number of nitrogens with one attached hydrogen (secondary N) is 1. The first-order valence-corrected chi connectivity index (χ1v) is 15.1. The minimum Gasteiger partial charge on any atom is -0.491 e. The van der Waals surface area contributed by atoms with E-state index in [4.69, 9.17) is 14.2 Å². The zero-order chi connectivity index (χ0) is 30.4. The van der Waals surface area contributed by atoms with Crippen molar-refractivity contribution in [2.75, 3.05) is 31.7 Å². The van der Waals surface area contributed by atoms with Gasteiger partial charge in [0.25, 0.3) is 17.1 Å². The van der Waals surface area contributed by atoms with E-state index in [0.717, 1.165) is 45.5 Å². The van der Waals surface area contributed by atoms with Gasteiger partial charge in [-0.05, 0) is 115 Å². The molecule has 8 nitrogen and oxygen atoms in total. The van der Waals surface area contributed by atoms with Gasteiger partial charge in [0, 0.05) is 5.69 Å². The summed E-state index contributed by atoms with van der Waals surface area (Å²) in [6, 6.07) is 15.1. The van der Waals surface area contributed by atoms with E-state index in [1.165, 1.54) is 4.90 Å². The third-order valence-corrected chi connectivity index (χ3v) is 7.92. The predicted octanol–water partition coefficient (Wildman–Crippen LogP) is 7.21. The van der Waals surface area contributed by atoms with E-state index in [0.29, 0.717) is 33.0 Å². The van der Waals surface area contributed by atoms with E-state index >= 15 is 0 Å². The summed E-state index contributed by atoms with van der Waals surface area (Å²) in [5.41, 5.74) is 5.48. The Kier molecular flexibility index (Phi) is 10.3. The van der Waals surface area contributed by atoms with Crippen molar-refractivity contribution in [3.8, 4) is 17.2 Å². The summed E-state index contributed by atoms with van der Waals surface area (Å²) in [7, 11) is 0. The van der Waals surface area contributed by atoms with Crippen molar-refractivity contribution < 1.29 is 28.6 Å². The number of rotatable bonds is 11. The number of nitrogens with zero attached hydrogens (tertiary/aromatic N) is 1. The fourth-order valence-electron chi connectivity index (χ4n) is 4.31. The number of ether oxygens (including phenoxy) is 3. The molecular formula is C32H33BrN2O6S. The lowest BCUT2D eigenvalue weighted by Gasteiger charge is -2.15. The van der Waals surface area contributed by atoms with Crippen LogP contribution >= 0.6 is 27.7 Å². The van der Waals surface area contributed by atoms with Crippen LogP contribution in [0.2, 0.25) is 0 Å². The summed E-state index contributed by atoms with van der Waals surface area (Å²) < 4.78 is 18.0. The number of hydrogen-bond donors (Lipinski definition) is 1. The molecule has 0 aromatic heterocycles. The minimum absolute atomic E-state index is 0.139. The molecule has 1 aliphatic rings. The van der Waals surface area contributed by atoms with Crippen LogP contribution in [0.5, 0.6) is 17.2 Å². The summed E-state index contributed by atoms with van der Waals surface area (Å²) in [4.78, 5) is 39.8.